The highest BCUT2D eigenvalue weighted by Crippen LogP contribution is 2.19. The number of cyclic esters (lactones) is 2. The first-order valence-electron chi connectivity index (χ1n) is 5.30. The molecule has 5 heteroatoms. The van der Waals surface area contributed by atoms with Gasteiger partial charge in [-0.05, 0) is 13.0 Å². The first-order valence-corrected chi connectivity index (χ1v) is 5.30. The van der Waals surface area contributed by atoms with Gasteiger partial charge in [0.05, 0.1) is 25.6 Å². The Morgan fingerprint density at radius 1 is 1.27 bits per heavy atom. The summed E-state index contributed by atoms with van der Waals surface area (Å²) in [5.41, 5.74) is 0. The van der Waals surface area contributed by atoms with E-state index in [4.69, 9.17) is 4.74 Å². The van der Waals surface area contributed by atoms with Crippen LogP contribution in [0.4, 0.5) is 0 Å². The highest BCUT2D eigenvalue weighted by Gasteiger charge is 2.33. The number of ether oxygens (including phenoxy) is 2. The van der Waals surface area contributed by atoms with Crippen molar-refractivity contribution in [3.63, 3.8) is 0 Å². The molecule has 2 aliphatic heterocycles. The van der Waals surface area contributed by atoms with Crippen molar-refractivity contribution in [2.24, 2.45) is 5.92 Å². The molecule has 0 radical (unpaired) electrons. The van der Waals surface area contributed by atoms with E-state index in [0.29, 0.717) is 6.42 Å². The van der Waals surface area contributed by atoms with E-state index in [1.54, 1.807) is 0 Å². The molecule has 5 nitrogen and oxygen atoms in total. The minimum Gasteiger partial charge on any atom is -0.393 e. The maximum absolute atomic E-state index is 11.2. The fourth-order valence-corrected chi connectivity index (χ4v) is 1.90. The lowest BCUT2D eigenvalue weighted by molar-refractivity contribution is -0.153. The zero-order valence-electron chi connectivity index (χ0n) is 8.61. The second-order valence-corrected chi connectivity index (χ2v) is 3.94. The molecule has 0 N–H and O–H groups in total. The molecule has 2 rings (SSSR count). The van der Waals surface area contributed by atoms with Gasteiger partial charge >= 0.3 is 11.9 Å². The van der Waals surface area contributed by atoms with E-state index in [-0.39, 0.29) is 24.3 Å². The van der Waals surface area contributed by atoms with Gasteiger partial charge in [-0.3, -0.25) is 14.5 Å². The van der Waals surface area contributed by atoms with Gasteiger partial charge in [0.25, 0.3) is 0 Å². The third kappa shape index (κ3) is 2.76. The summed E-state index contributed by atoms with van der Waals surface area (Å²) in [5, 5.41) is 0. The molecule has 15 heavy (non-hydrogen) atoms. The Bertz CT molecular complexity index is 260. The van der Waals surface area contributed by atoms with Crippen LogP contribution in [0, 0.1) is 5.92 Å². The number of rotatable bonds is 3. The van der Waals surface area contributed by atoms with Crippen LogP contribution in [0.3, 0.4) is 0 Å². The van der Waals surface area contributed by atoms with Gasteiger partial charge in [-0.2, -0.15) is 0 Å². The highest BCUT2D eigenvalue weighted by atomic mass is 16.6. The molecule has 0 amide bonds. The van der Waals surface area contributed by atoms with Crippen LogP contribution in [0.15, 0.2) is 0 Å². The van der Waals surface area contributed by atoms with Crippen molar-refractivity contribution in [3.8, 4) is 0 Å². The maximum atomic E-state index is 11.2. The van der Waals surface area contributed by atoms with Gasteiger partial charge in [0.1, 0.15) is 0 Å². The van der Waals surface area contributed by atoms with E-state index in [9.17, 15) is 9.59 Å². The molecule has 2 saturated heterocycles. The van der Waals surface area contributed by atoms with E-state index in [1.165, 1.54) is 0 Å². The van der Waals surface area contributed by atoms with Gasteiger partial charge in [0.2, 0.25) is 0 Å². The molecule has 0 aromatic heterocycles. The van der Waals surface area contributed by atoms with E-state index in [0.717, 1.165) is 32.8 Å². The van der Waals surface area contributed by atoms with Crippen molar-refractivity contribution in [2.45, 2.75) is 12.8 Å². The maximum Gasteiger partial charge on any atom is 0.317 e. The number of morpholine rings is 1. The van der Waals surface area contributed by atoms with Crippen molar-refractivity contribution in [3.05, 3.63) is 0 Å². The normalized spacial score (nSPS) is 28.1. The van der Waals surface area contributed by atoms with Gasteiger partial charge < -0.3 is 9.47 Å². The smallest absolute Gasteiger partial charge is 0.317 e. The van der Waals surface area contributed by atoms with E-state index in [2.05, 4.69) is 9.64 Å². The summed E-state index contributed by atoms with van der Waals surface area (Å²) in [6, 6.07) is 0. The molecular formula is C10H15NO4. The van der Waals surface area contributed by atoms with Crippen molar-refractivity contribution in [1.29, 1.82) is 0 Å². The molecule has 0 aromatic carbocycles. The molecular weight excluding hydrogens is 198 g/mol. The number of nitrogens with zero attached hydrogens (tertiary/aromatic N) is 1. The van der Waals surface area contributed by atoms with Gasteiger partial charge in [0.15, 0.2) is 0 Å². The third-order valence-corrected chi connectivity index (χ3v) is 2.86. The topological polar surface area (TPSA) is 55.8 Å². The largest absolute Gasteiger partial charge is 0.393 e. The summed E-state index contributed by atoms with van der Waals surface area (Å²) in [4.78, 5) is 24.3. The molecule has 1 unspecified atom stereocenters. The van der Waals surface area contributed by atoms with E-state index in [1.807, 2.05) is 0 Å². The second kappa shape index (κ2) is 4.72. The Labute approximate surface area is 88.3 Å². The van der Waals surface area contributed by atoms with Crippen molar-refractivity contribution in [2.75, 3.05) is 32.8 Å². The van der Waals surface area contributed by atoms with Crippen LogP contribution in [0.5, 0.6) is 0 Å². The zero-order valence-corrected chi connectivity index (χ0v) is 8.61. The quantitative estimate of drug-likeness (QED) is 0.480. The fraction of sp³-hybridized carbons (Fsp3) is 0.800. The number of carbonyl (C=O) groups is 2. The summed E-state index contributed by atoms with van der Waals surface area (Å²) in [6.45, 7) is 4.18. The minimum absolute atomic E-state index is 0.222. The Morgan fingerprint density at radius 3 is 2.60 bits per heavy atom. The molecule has 84 valence electrons. The van der Waals surface area contributed by atoms with Crippen molar-refractivity contribution >= 4 is 11.9 Å². The van der Waals surface area contributed by atoms with Crippen LogP contribution >= 0.6 is 0 Å². The molecule has 0 saturated carbocycles. The van der Waals surface area contributed by atoms with Gasteiger partial charge in [0, 0.05) is 13.1 Å². The van der Waals surface area contributed by atoms with Gasteiger partial charge in [-0.1, -0.05) is 0 Å². The Kier molecular flexibility index (Phi) is 3.33. The third-order valence-electron chi connectivity index (χ3n) is 2.86. The van der Waals surface area contributed by atoms with Crippen molar-refractivity contribution in [1.82, 2.24) is 4.90 Å². The molecule has 2 fully saturated rings. The lowest BCUT2D eigenvalue weighted by atomic mass is 10.0. The highest BCUT2D eigenvalue weighted by molar-refractivity contribution is 5.94. The Morgan fingerprint density at radius 2 is 2.00 bits per heavy atom. The SMILES string of the molecule is O=C1CC(CCN2CCOCC2)C(=O)O1. The average molecular weight is 213 g/mol. The van der Waals surface area contributed by atoms with Crippen molar-refractivity contribution < 1.29 is 19.1 Å². The number of hydrogen-bond acceptors (Lipinski definition) is 5. The monoisotopic (exact) mass is 213 g/mol. The average Bonchev–Trinajstić information content (AvgIpc) is 2.56. The number of esters is 2. The molecule has 0 aromatic rings. The molecule has 0 bridgehead atoms. The first-order chi connectivity index (χ1) is 7.25. The molecule has 0 spiro atoms. The van der Waals surface area contributed by atoms with E-state index >= 15 is 0 Å². The second-order valence-electron chi connectivity index (χ2n) is 3.94. The summed E-state index contributed by atoms with van der Waals surface area (Å²) in [5.74, 6) is -0.958. The summed E-state index contributed by atoms with van der Waals surface area (Å²) < 4.78 is 9.71. The minimum atomic E-state index is -0.382. The van der Waals surface area contributed by atoms with Crippen LogP contribution in [0.2, 0.25) is 0 Å². The van der Waals surface area contributed by atoms with Crippen LogP contribution in [-0.2, 0) is 19.1 Å². The molecule has 0 aliphatic carbocycles. The summed E-state index contributed by atoms with van der Waals surface area (Å²) in [7, 11) is 0. The molecule has 2 aliphatic rings. The number of hydrogen-bond donors (Lipinski definition) is 0. The molecule has 1 atom stereocenters. The first kappa shape index (κ1) is 10.6. The van der Waals surface area contributed by atoms with E-state index < -0.39 is 0 Å². The van der Waals surface area contributed by atoms with Crippen LogP contribution in [0.1, 0.15) is 12.8 Å². The zero-order chi connectivity index (χ0) is 10.7. The van der Waals surface area contributed by atoms with Gasteiger partial charge in [-0.15, -0.1) is 0 Å². The lowest BCUT2D eigenvalue weighted by Crippen LogP contribution is -2.37. The Hall–Kier alpha value is -0.940. The Balaban J connectivity index is 1.73. The predicted molar refractivity (Wildman–Crippen MR) is 51.1 cm³/mol. The number of carbonyl (C=O) groups excluding carboxylic acids is 2. The van der Waals surface area contributed by atoms with Crippen LogP contribution in [-0.4, -0.2) is 49.7 Å². The van der Waals surface area contributed by atoms with Gasteiger partial charge in [-0.25, -0.2) is 0 Å². The van der Waals surface area contributed by atoms with Crippen LogP contribution in [0.25, 0.3) is 0 Å². The van der Waals surface area contributed by atoms with Crippen LogP contribution < -0.4 is 0 Å². The fourth-order valence-electron chi connectivity index (χ4n) is 1.90. The summed E-state index contributed by atoms with van der Waals surface area (Å²) in [6.07, 6.45) is 0.966. The lowest BCUT2D eigenvalue weighted by Gasteiger charge is -2.26. The standard InChI is InChI=1S/C10H15NO4/c12-9-7-8(10(13)15-9)1-2-11-3-5-14-6-4-11/h8H,1-7H2. The molecule has 2 heterocycles. The predicted octanol–water partition coefficient (Wildman–Crippen LogP) is -0.202. The summed E-state index contributed by atoms with van der Waals surface area (Å²) >= 11 is 0.